The second-order valence-electron chi connectivity index (χ2n) is 6.75. The molecule has 0 aliphatic heterocycles. The van der Waals surface area contributed by atoms with E-state index in [9.17, 15) is 0 Å². The van der Waals surface area contributed by atoms with Gasteiger partial charge in [-0.1, -0.05) is 31.9 Å². The SMILES string of the molecule is CC1=CCCC2(C)C3(C)CCCC12CC3. The molecule has 0 heteroatoms. The van der Waals surface area contributed by atoms with Gasteiger partial charge in [0.2, 0.25) is 0 Å². The van der Waals surface area contributed by atoms with Crippen LogP contribution in [0.25, 0.3) is 0 Å². The lowest BCUT2D eigenvalue weighted by Crippen LogP contribution is -2.49. The number of rotatable bonds is 0. The molecule has 2 fully saturated rings. The van der Waals surface area contributed by atoms with E-state index in [2.05, 4.69) is 26.8 Å². The lowest BCUT2D eigenvalue weighted by Gasteiger charge is -2.58. The maximum Gasteiger partial charge on any atom is -0.00316 e. The Kier molecular flexibility index (Phi) is 1.79. The van der Waals surface area contributed by atoms with E-state index in [1.807, 2.05) is 0 Å². The van der Waals surface area contributed by atoms with Crippen molar-refractivity contribution in [3.63, 3.8) is 0 Å². The molecular weight excluding hydrogens is 180 g/mol. The molecule has 0 radical (unpaired) electrons. The zero-order chi connectivity index (χ0) is 10.7. The summed E-state index contributed by atoms with van der Waals surface area (Å²) in [6.07, 6.45) is 12.7. The van der Waals surface area contributed by atoms with Crippen LogP contribution in [0.1, 0.15) is 65.7 Å². The normalized spacial score (nSPS) is 53.7. The zero-order valence-electron chi connectivity index (χ0n) is 10.5. The molecule has 0 amide bonds. The van der Waals surface area contributed by atoms with E-state index in [1.54, 1.807) is 5.57 Å². The monoisotopic (exact) mass is 204 g/mol. The topological polar surface area (TPSA) is 0 Å². The first-order chi connectivity index (χ1) is 7.04. The lowest BCUT2D eigenvalue weighted by atomic mass is 9.46. The van der Waals surface area contributed by atoms with Crippen molar-refractivity contribution < 1.29 is 0 Å². The average Bonchev–Trinajstić information content (AvgIpc) is 2.35. The highest BCUT2D eigenvalue weighted by molar-refractivity contribution is 5.29. The summed E-state index contributed by atoms with van der Waals surface area (Å²) in [4.78, 5) is 0. The molecule has 0 N–H and O–H groups in total. The maximum atomic E-state index is 2.61. The van der Waals surface area contributed by atoms with Crippen LogP contribution in [0, 0.1) is 16.2 Å². The van der Waals surface area contributed by atoms with Gasteiger partial charge in [0.05, 0.1) is 0 Å². The minimum atomic E-state index is 0.609. The van der Waals surface area contributed by atoms with Crippen LogP contribution in [0.2, 0.25) is 0 Å². The van der Waals surface area contributed by atoms with Gasteiger partial charge in [0.15, 0.2) is 0 Å². The molecular formula is C15H24. The molecule has 3 aliphatic carbocycles. The molecule has 2 bridgehead atoms. The Morgan fingerprint density at radius 2 is 1.80 bits per heavy atom. The summed E-state index contributed by atoms with van der Waals surface area (Å²) in [7, 11) is 0. The summed E-state index contributed by atoms with van der Waals surface area (Å²) < 4.78 is 0. The molecule has 3 rings (SSSR count). The van der Waals surface area contributed by atoms with Crippen molar-refractivity contribution in [2.45, 2.75) is 65.7 Å². The molecule has 0 spiro atoms. The van der Waals surface area contributed by atoms with Crippen LogP contribution in [0.5, 0.6) is 0 Å². The molecule has 3 unspecified atom stereocenters. The minimum Gasteiger partial charge on any atom is -0.0850 e. The fraction of sp³-hybridized carbons (Fsp3) is 0.867. The fourth-order valence-corrected chi connectivity index (χ4v) is 5.34. The van der Waals surface area contributed by atoms with Gasteiger partial charge < -0.3 is 0 Å². The molecule has 0 saturated heterocycles. The van der Waals surface area contributed by atoms with Crippen molar-refractivity contribution in [1.29, 1.82) is 0 Å². The van der Waals surface area contributed by atoms with Crippen LogP contribution in [0.15, 0.2) is 11.6 Å². The van der Waals surface area contributed by atoms with Crippen LogP contribution in [0.3, 0.4) is 0 Å². The highest BCUT2D eigenvalue weighted by Gasteiger charge is 2.64. The van der Waals surface area contributed by atoms with Crippen molar-refractivity contribution in [2.75, 3.05) is 0 Å². The minimum absolute atomic E-state index is 0.609. The van der Waals surface area contributed by atoms with Crippen molar-refractivity contribution >= 4 is 0 Å². The summed E-state index contributed by atoms with van der Waals surface area (Å²) in [6, 6.07) is 0. The second kappa shape index (κ2) is 2.70. The second-order valence-corrected chi connectivity index (χ2v) is 6.75. The van der Waals surface area contributed by atoms with E-state index >= 15 is 0 Å². The molecule has 84 valence electrons. The van der Waals surface area contributed by atoms with Gasteiger partial charge in [0.25, 0.3) is 0 Å². The smallest absolute Gasteiger partial charge is 0.00316 e. The average molecular weight is 204 g/mol. The van der Waals surface area contributed by atoms with Gasteiger partial charge in [-0.25, -0.2) is 0 Å². The lowest BCUT2D eigenvalue weighted by molar-refractivity contribution is -0.0411. The quantitative estimate of drug-likeness (QED) is 0.502. The fourth-order valence-electron chi connectivity index (χ4n) is 5.34. The van der Waals surface area contributed by atoms with E-state index in [1.165, 1.54) is 44.9 Å². The third-order valence-electron chi connectivity index (χ3n) is 6.67. The molecule has 0 aromatic heterocycles. The zero-order valence-corrected chi connectivity index (χ0v) is 10.5. The van der Waals surface area contributed by atoms with E-state index in [4.69, 9.17) is 0 Å². The first-order valence-corrected chi connectivity index (χ1v) is 6.71. The van der Waals surface area contributed by atoms with Crippen LogP contribution in [-0.2, 0) is 0 Å². The van der Waals surface area contributed by atoms with Crippen LogP contribution < -0.4 is 0 Å². The molecule has 3 atom stereocenters. The summed E-state index contributed by atoms with van der Waals surface area (Å²) in [6.45, 7) is 7.59. The van der Waals surface area contributed by atoms with Crippen molar-refractivity contribution in [1.82, 2.24) is 0 Å². The molecule has 15 heavy (non-hydrogen) atoms. The number of hydrogen-bond donors (Lipinski definition) is 0. The summed E-state index contributed by atoms with van der Waals surface area (Å²) in [5, 5.41) is 0. The maximum absolute atomic E-state index is 2.61. The first-order valence-electron chi connectivity index (χ1n) is 6.71. The standard InChI is InChI=1S/C15H24/c1-12-6-4-8-14(3)13(2)7-5-9-15(12,14)11-10-13/h6H,4-5,7-11H2,1-3H3. The third kappa shape index (κ3) is 0.905. The van der Waals surface area contributed by atoms with E-state index in [0.29, 0.717) is 16.2 Å². The molecule has 2 saturated carbocycles. The van der Waals surface area contributed by atoms with Crippen LogP contribution in [0.4, 0.5) is 0 Å². The molecule has 0 heterocycles. The Morgan fingerprint density at radius 3 is 2.53 bits per heavy atom. The summed E-state index contributed by atoms with van der Waals surface area (Å²) >= 11 is 0. The Hall–Kier alpha value is -0.260. The van der Waals surface area contributed by atoms with E-state index in [-0.39, 0.29) is 0 Å². The Balaban J connectivity index is 2.17. The highest BCUT2D eigenvalue weighted by atomic mass is 14.7. The summed E-state index contributed by atoms with van der Waals surface area (Å²) in [5.74, 6) is 0. The van der Waals surface area contributed by atoms with Gasteiger partial charge in [-0.05, 0) is 61.7 Å². The van der Waals surface area contributed by atoms with Gasteiger partial charge in [0, 0.05) is 0 Å². The van der Waals surface area contributed by atoms with E-state index in [0.717, 1.165) is 0 Å². The Labute approximate surface area is 94.1 Å². The van der Waals surface area contributed by atoms with Crippen LogP contribution in [-0.4, -0.2) is 0 Å². The first kappa shape index (κ1) is 9.93. The van der Waals surface area contributed by atoms with Crippen molar-refractivity contribution in [3.05, 3.63) is 11.6 Å². The van der Waals surface area contributed by atoms with Gasteiger partial charge >= 0.3 is 0 Å². The van der Waals surface area contributed by atoms with Crippen molar-refractivity contribution in [3.8, 4) is 0 Å². The molecule has 0 nitrogen and oxygen atoms in total. The molecule has 0 aromatic carbocycles. The van der Waals surface area contributed by atoms with Gasteiger partial charge in [-0.2, -0.15) is 0 Å². The highest BCUT2D eigenvalue weighted by Crippen LogP contribution is 2.74. The summed E-state index contributed by atoms with van der Waals surface area (Å²) in [5.41, 5.74) is 3.62. The Bertz CT molecular complexity index is 327. The van der Waals surface area contributed by atoms with Gasteiger partial charge in [-0.3, -0.25) is 0 Å². The number of hydrogen-bond acceptors (Lipinski definition) is 0. The number of allylic oxidation sites excluding steroid dienone is 2. The van der Waals surface area contributed by atoms with Crippen LogP contribution >= 0.6 is 0 Å². The predicted octanol–water partition coefficient (Wildman–Crippen LogP) is 4.70. The van der Waals surface area contributed by atoms with Crippen molar-refractivity contribution in [2.24, 2.45) is 16.2 Å². The molecule has 3 aliphatic rings. The molecule has 0 aromatic rings. The van der Waals surface area contributed by atoms with E-state index < -0.39 is 0 Å². The Morgan fingerprint density at radius 1 is 1.00 bits per heavy atom. The largest absolute Gasteiger partial charge is 0.0850 e. The van der Waals surface area contributed by atoms with Gasteiger partial charge in [-0.15, -0.1) is 0 Å². The predicted molar refractivity (Wildman–Crippen MR) is 64.7 cm³/mol. The van der Waals surface area contributed by atoms with Gasteiger partial charge in [0.1, 0.15) is 0 Å². The third-order valence-corrected chi connectivity index (χ3v) is 6.67.